The third kappa shape index (κ3) is 4.54. The van der Waals surface area contributed by atoms with Crippen LogP contribution in [0.2, 0.25) is 0 Å². The zero-order valence-electron chi connectivity index (χ0n) is 13.3. The number of aromatic nitrogens is 1. The molecular weight excluding hydrogens is 322 g/mol. The average Bonchev–Trinajstić information content (AvgIpc) is 3.07. The highest BCUT2D eigenvalue weighted by Crippen LogP contribution is 2.15. The summed E-state index contributed by atoms with van der Waals surface area (Å²) in [6.07, 6.45) is 2.64. The first-order valence-corrected chi connectivity index (χ1v) is 7.65. The molecule has 0 aliphatic carbocycles. The van der Waals surface area contributed by atoms with Crippen LogP contribution in [0.3, 0.4) is 0 Å². The lowest BCUT2D eigenvalue weighted by molar-refractivity contribution is -0.138. The van der Waals surface area contributed by atoms with Crippen LogP contribution in [0, 0.1) is 0 Å². The van der Waals surface area contributed by atoms with E-state index in [4.69, 9.17) is 13.9 Å². The lowest BCUT2D eigenvalue weighted by Gasteiger charge is -2.04. The summed E-state index contributed by atoms with van der Waals surface area (Å²) in [7, 11) is 0. The molecule has 0 bridgehead atoms. The number of nitrogens with zero attached hydrogens (tertiary/aromatic N) is 1. The van der Waals surface area contributed by atoms with Gasteiger partial charge in [0.05, 0.1) is 5.56 Å². The Bertz CT molecular complexity index is 865. The van der Waals surface area contributed by atoms with E-state index in [1.165, 1.54) is 12.2 Å². The normalized spacial score (nSPS) is 10.9. The van der Waals surface area contributed by atoms with E-state index in [-0.39, 0.29) is 13.2 Å². The van der Waals surface area contributed by atoms with Crippen molar-refractivity contribution >= 4 is 29.1 Å². The summed E-state index contributed by atoms with van der Waals surface area (Å²) >= 11 is 0. The molecule has 0 fully saturated rings. The van der Waals surface area contributed by atoms with Crippen molar-refractivity contribution in [1.29, 1.82) is 0 Å². The summed E-state index contributed by atoms with van der Waals surface area (Å²) in [6.45, 7) is -0.0501. The van der Waals surface area contributed by atoms with Crippen LogP contribution in [0.15, 0.2) is 65.1 Å². The van der Waals surface area contributed by atoms with Crippen molar-refractivity contribution in [3.05, 3.63) is 72.1 Å². The van der Waals surface area contributed by atoms with Gasteiger partial charge in [-0.2, -0.15) is 0 Å². The quantitative estimate of drug-likeness (QED) is 0.390. The van der Waals surface area contributed by atoms with Gasteiger partial charge in [0.1, 0.15) is 18.7 Å². The largest absolute Gasteiger partial charge is 0.459 e. The second kappa shape index (κ2) is 7.92. The first-order chi connectivity index (χ1) is 12.2. The number of hydrogen-bond donors (Lipinski definition) is 0. The average molecular weight is 337 g/mol. The summed E-state index contributed by atoms with van der Waals surface area (Å²) < 4.78 is 15.4. The van der Waals surface area contributed by atoms with Crippen molar-refractivity contribution in [3.63, 3.8) is 0 Å². The summed E-state index contributed by atoms with van der Waals surface area (Å²) in [5.74, 6) is -0.717. The lowest BCUT2D eigenvalue weighted by Crippen LogP contribution is -2.12. The first-order valence-electron chi connectivity index (χ1n) is 7.65. The summed E-state index contributed by atoms with van der Waals surface area (Å²) in [5.41, 5.74) is 1.80. The fraction of sp³-hybridized carbons (Fsp3) is 0.105. The number of ether oxygens (including phenoxy) is 2. The van der Waals surface area contributed by atoms with Gasteiger partial charge in [-0.25, -0.2) is 14.6 Å². The van der Waals surface area contributed by atoms with E-state index in [9.17, 15) is 9.59 Å². The van der Waals surface area contributed by atoms with Gasteiger partial charge in [0.25, 0.3) is 0 Å². The Morgan fingerprint density at radius 1 is 0.960 bits per heavy atom. The van der Waals surface area contributed by atoms with Crippen LogP contribution in [-0.2, 0) is 14.3 Å². The summed E-state index contributed by atoms with van der Waals surface area (Å²) in [6, 6.07) is 15.9. The fourth-order valence-electron chi connectivity index (χ4n) is 2.08. The Kier molecular flexibility index (Phi) is 5.21. The minimum Gasteiger partial charge on any atom is -0.459 e. The van der Waals surface area contributed by atoms with E-state index >= 15 is 0 Å². The van der Waals surface area contributed by atoms with Gasteiger partial charge in [-0.15, -0.1) is 0 Å². The van der Waals surface area contributed by atoms with Crippen molar-refractivity contribution in [2.75, 3.05) is 13.2 Å². The molecule has 0 radical (unpaired) electrons. The number of para-hydroxylation sites is 2. The van der Waals surface area contributed by atoms with Crippen molar-refractivity contribution < 1.29 is 23.5 Å². The number of benzene rings is 2. The molecule has 6 heteroatoms. The number of hydrogen-bond acceptors (Lipinski definition) is 6. The third-order valence-electron chi connectivity index (χ3n) is 3.24. The van der Waals surface area contributed by atoms with E-state index in [1.54, 1.807) is 30.3 Å². The highest BCUT2D eigenvalue weighted by molar-refractivity contribution is 5.89. The maximum Gasteiger partial charge on any atom is 0.338 e. The van der Waals surface area contributed by atoms with Gasteiger partial charge < -0.3 is 13.9 Å². The van der Waals surface area contributed by atoms with Gasteiger partial charge in [0.15, 0.2) is 5.58 Å². The molecule has 126 valence electrons. The van der Waals surface area contributed by atoms with E-state index in [0.717, 1.165) is 0 Å². The minimum atomic E-state index is -0.571. The van der Waals surface area contributed by atoms with Crippen LogP contribution >= 0.6 is 0 Å². The molecular formula is C19H15NO5. The third-order valence-corrected chi connectivity index (χ3v) is 3.24. The predicted octanol–water partition coefficient (Wildman–Crippen LogP) is 3.24. The second-order valence-electron chi connectivity index (χ2n) is 5.02. The maximum absolute atomic E-state index is 11.7. The Hall–Kier alpha value is -3.41. The molecule has 0 spiro atoms. The van der Waals surface area contributed by atoms with E-state index < -0.39 is 11.9 Å². The SMILES string of the molecule is O=C(/C=C/c1nc2ccccc2o1)OCCOC(=O)c1ccccc1. The van der Waals surface area contributed by atoms with Crippen LogP contribution in [0.1, 0.15) is 16.2 Å². The van der Waals surface area contributed by atoms with Crippen LogP contribution in [0.5, 0.6) is 0 Å². The molecule has 0 aliphatic heterocycles. The number of fused-ring (bicyclic) bond motifs is 1. The molecule has 25 heavy (non-hydrogen) atoms. The fourth-order valence-corrected chi connectivity index (χ4v) is 2.08. The molecule has 3 rings (SSSR count). The number of carbonyl (C=O) groups excluding carboxylic acids is 2. The molecule has 1 aromatic heterocycles. The van der Waals surface area contributed by atoms with Gasteiger partial charge >= 0.3 is 11.9 Å². The van der Waals surface area contributed by atoms with Crippen molar-refractivity contribution in [2.45, 2.75) is 0 Å². The zero-order valence-corrected chi connectivity index (χ0v) is 13.3. The predicted molar refractivity (Wildman–Crippen MR) is 90.7 cm³/mol. The monoisotopic (exact) mass is 337 g/mol. The standard InChI is InChI=1S/C19H15NO5/c21-18(11-10-17-20-15-8-4-5-9-16(15)25-17)23-12-13-24-19(22)14-6-2-1-3-7-14/h1-11H,12-13H2/b11-10+. The summed E-state index contributed by atoms with van der Waals surface area (Å²) in [5, 5.41) is 0. The molecule has 3 aromatic rings. The molecule has 0 aliphatic rings. The number of carbonyl (C=O) groups is 2. The van der Waals surface area contributed by atoms with Crippen LogP contribution in [0.25, 0.3) is 17.2 Å². The van der Waals surface area contributed by atoms with Gasteiger partial charge in [0, 0.05) is 12.2 Å². The zero-order chi connectivity index (χ0) is 17.5. The van der Waals surface area contributed by atoms with Crippen LogP contribution in [0.4, 0.5) is 0 Å². The van der Waals surface area contributed by atoms with E-state index in [1.807, 2.05) is 24.3 Å². The number of oxazole rings is 1. The highest BCUT2D eigenvalue weighted by Gasteiger charge is 2.06. The van der Waals surface area contributed by atoms with Gasteiger partial charge in [-0.3, -0.25) is 0 Å². The molecule has 0 amide bonds. The Balaban J connectivity index is 1.42. The van der Waals surface area contributed by atoms with Gasteiger partial charge in [0.2, 0.25) is 5.89 Å². The molecule has 6 nitrogen and oxygen atoms in total. The Morgan fingerprint density at radius 2 is 1.68 bits per heavy atom. The minimum absolute atomic E-state index is 0.0177. The molecule has 2 aromatic carbocycles. The number of esters is 2. The van der Waals surface area contributed by atoms with E-state index in [0.29, 0.717) is 22.6 Å². The summed E-state index contributed by atoms with van der Waals surface area (Å²) in [4.78, 5) is 27.5. The van der Waals surface area contributed by atoms with Crippen LogP contribution < -0.4 is 0 Å². The van der Waals surface area contributed by atoms with Gasteiger partial charge in [-0.05, 0) is 24.3 Å². The Morgan fingerprint density at radius 3 is 2.48 bits per heavy atom. The molecule has 0 N–H and O–H groups in total. The van der Waals surface area contributed by atoms with Crippen molar-refractivity contribution in [3.8, 4) is 0 Å². The lowest BCUT2D eigenvalue weighted by atomic mass is 10.2. The van der Waals surface area contributed by atoms with Crippen molar-refractivity contribution in [2.24, 2.45) is 0 Å². The highest BCUT2D eigenvalue weighted by atomic mass is 16.6. The van der Waals surface area contributed by atoms with Gasteiger partial charge in [-0.1, -0.05) is 30.3 Å². The first kappa shape index (κ1) is 16.4. The number of rotatable bonds is 6. The topological polar surface area (TPSA) is 78.6 Å². The molecule has 0 unspecified atom stereocenters. The van der Waals surface area contributed by atoms with Crippen molar-refractivity contribution in [1.82, 2.24) is 4.98 Å². The molecule has 1 heterocycles. The van der Waals surface area contributed by atoms with E-state index in [2.05, 4.69) is 4.98 Å². The molecule has 0 atom stereocenters. The van der Waals surface area contributed by atoms with Crippen LogP contribution in [-0.4, -0.2) is 30.1 Å². The Labute approximate surface area is 143 Å². The maximum atomic E-state index is 11.7. The smallest absolute Gasteiger partial charge is 0.338 e. The molecule has 0 saturated heterocycles. The molecule has 0 saturated carbocycles. The second-order valence-corrected chi connectivity index (χ2v) is 5.02.